The zero-order chi connectivity index (χ0) is 17.6. The second kappa shape index (κ2) is 7.62. The summed E-state index contributed by atoms with van der Waals surface area (Å²) in [6.45, 7) is 5.09. The normalized spacial score (nSPS) is 12.2. The van der Waals surface area contributed by atoms with E-state index in [2.05, 4.69) is 10.1 Å². The Hall–Kier alpha value is -2.57. The van der Waals surface area contributed by atoms with Gasteiger partial charge in [0.1, 0.15) is 17.4 Å². The van der Waals surface area contributed by atoms with Gasteiger partial charge >= 0.3 is 11.9 Å². The number of esters is 2. The number of hydrogen-bond donors (Lipinski definition) is 2. The van der Waals surface area contributed by atoms with Crippen LogP contribution in [-0.4, -0.2) is 41.7 Å². The Morgan fingerprint density at radius 3 is 2.43 bits per heavy atom. The third-order valence-electron chi connectivity index (χ3n) is 2.69. The van der Waals surface area contributed by atoms with E-state index < -0.39 is 29.5 Å². The van der Waals surface area contributed by atoms with E-state index in [1.807, 2.05) is 0 Å². The molecule has 23 heavy (non-hydrogen) atoms. The van der Waals surface area contributed by atoms with Crippen LogP contribution < -0.4 is 5.32 Å². The van der Waals surface area contributed by atoms with Crippen molar-refractivity contribution < 1.29 is 29.0 Å². The second-order valence-corrected chi connectivity index (χ2v) is 5.89. The standard InChI is InChI=1S/C16H21NO6/c1-16(2,3)23-13(19)9-12(15(21)22-4)17-14(20)10-6-5-7-11(18)8-10/h5-8,12,18H,9H2,1-4H3,(H,17,20)/t12-/m0/s1. The Kier molecular flexibility index (Phi) is 6.12. The molecule has 126 valence electrons. The Bertz CT molecular complexity index is 590. The molecule has 7 heteroatoms. The zero-order valence-electron chi connectivity index (χ0n) is 13.6. The molecule has 0 saturated carbocycles. The minimum absolute atomic E-state index is 0.0839. The van der Waals surface area contributed by atoms with Crippen molar-refractivity contribution in [2.45, 2.75) is 38.8 Å². The molecule has 0 radical (unpaired) electrons. The number of nitrogens with one attached hydrogen (secondary N) is 1. The fourth-order valence-corrected chi connectivity index (χ4v) is 1.77. The molecule has 0 bridgehead atoms. The summed E-state index contributed by atoms with van der Waals surface area (Å²) in [5.74, 6) is -2.09. The fraction of sp³-hybridized carbons (Fsp3) is 0.438. The van der Waals surface area contributed by atoms with Crippen molar-refractivity contribution in [3.8, 4) is 5.75 Å². The van der Waals surface area contributed by atoms with Crippen LogP contribution in [0.5, 0.6) is 5.75 Å². The molecule has 1 amide bonds. The summed E-state index contributed by atoms with van der Waals surface area (Å²) in [6, 6.07) is 4.44. The van der Waals surface area contributed by atoms with Crippen molar-refractivity contribution in [1.29, 1.82) is 0 Å². The molecule has 0 heterocycles. The fourth-order valence-electron chi connectivity index (χ4n) is 1.77. The van der Waals surface area contributed by atoms with Crippen molar-refractivity contribution in [1.82, 2.24) is 5.32 Å². The maximum absolute atomic E-state index is 12.1. The van der Waals surface area contributed by atoms with E-state index in [4.69, 9.17) is 4.74 Å². The molecule has 1 atom stereocenters. The van der Waals surface area contributed by atoms with E-state index in [0.29, 0.717) is 0 Å². The highest BCUT2D eigenvalue weighted by molar-refractivity contribution is 5.97. The van der Waals surface area contributed by atoms with Crippen LogP contribution in [0.1, 0.15) is 37.6 Å². The number of phenolic OH excluding ortho intramolecular Hbond substituents is 1. The molecule has 0 aromatic heterocycles. The van der Waals surface area contributed by atoms with Gasteiger partial charge in [-0.1, -0.05) is 6.07 Å². The molecule has 0 fully saturated rings. The van der Waals surface area contributed by atoms with E-state index in [1.165, 1.54) is 24.3 Å². The van der Waals surface area contributed by atoms with Gasteiger partial charge in [0.25, 0.3) is 5.91 Å². The number of carbonyl (C=O) groups excluding carboxylic acids is 3. The minimum Gasteiger partial charge on any atom is -0.508 e. The second-order valence-electron chi connectivity index (χ2n) is 5.89. The van der Waals surface area contributed by atoms with E-state index in [0.717, 1.165) is 7.11 Å². The first-order chi connectivity index (χ1) is 10.6. The van der Waals surface area contributed by atoms with Crippen molar-refractivity contribution in [3.63, 3.8) is 0 Å². The molecule has 1 rings (SSSR count). The monoisotopic (exact) mass is 323 g/mol. The minimum atomic E-state index is -1.18. The summed E-state index contributed by atoms with van der Waals surface area (Å²) < 4.78 is 9.72. The van der Waals surface area contributed by atoms with Gasteiger partial charge in [0.2, 0.25) is 0 Å². The lowest BCUT2D eigenvalue weighted by atomic mass is 10.1. The number of phenols is 1. The number of rotatable bonds is 5. The Balaban J connectivity index is 2.81. The van der Waals surface area contributed by atoms with Gasteiger partial charge in [0.05, 0.1) is 13.5 Å². The number of methoxy groups -OCH3 is 1. The maximum Gasteiger partial charge on any atom is 0.328 e. The maximum atomic E-state index is 12.1. The van der Waals surface area contributed by atoms with Crippen molar-refractivity contribution in [2.24, 2.45) is 0 Å². The van der Waals surface area contributed by atoms with E-state index in [9.17, 15) is 19.5 Å². The molecule has 0 aliphatic rings. The van der Waals surface area contributed by atoms with Crippen LogP contribution in [0.15, 0.2) is 24.3 Å². The van der Waals surface area contributed by atoms with Gasteiger partial charge in [-0.2, -0.15) is 0 Å². The van der Waals surface area contributed by atoms with Crippen LogP contribution in [-0.2, 0) is 19.1 Å². The molecular formula is C16H21NO6. The summed E-state index contributed by atoms with van der Waals surface area (Å²) in [5.41, 5.74) is -0.546. The molecule has 0 spiro atoms. The van der Waals surface area contributed by atoms with Crippen LogP contribution >= 0.6 is 0 Å². The lowest BCUT2D eigenvalue weighted by Crippen LogP contribution is -2.43. The number of hydrogen-bond acceptors (Lipinski definition) is 6. The SMILES string of the molecule is COC(=O)[C@H](CC(=O)OC(C)(C)C)NC(=O)c1cccc(O)c1. The highest BCUT2D eigenvalue weighted by atomic mass is 16.6. The van der Waals surface area contributed by atoms with Gasteiger partial charge in [-0.3, -0.25) is 9.59 Å². The molecule has 0 saturated heterocycles. The third kappa shape index (κ3) is 6.37. The summed E-state index contributed by atoms with van der Waals surface area (Å²) in [5, 5.41) is 11.8. The Morgan fingerprint density at radius 2 is 1.91 bits per heavy atom. The van der Waals surface area contributed by atoms with Gasteiger partial charge in [-0.25, -0.2) is 4.79 Å². The lowest BCUT2D eigenvalue weighted by molar-refractivity contribution is -0.158. The average molecular weight is 323 g/mol. The highest BCUT2D eigenvalue weighted by Gasteiger charge is 2.28. The van der Waals surface area contributed by atoms with Gasteiger partial charge in [-0.05, 0) is 39.0 Å². The Morgan fingerprint density at radius 1 is 1.26 bits per heavy atom. The number of carbonyl (C=O) groups is 3. The Labute approximate surface area is 134 Å². The van der Waals surface area contributed by atoms with E-state index in [1.54, 1.807) is 20.8 Å². The highest BCUT2D eigenvalue weighted by Crippen LogP contribution is 2.13. The number of ether oxygens (including phenoxy) is 2. The van der Waals surface area contributed by atoms with Crippen molar-refractivity contribution in [3.05, 3.63) is 29.8 Å². The summed E-state index contributed by atoms with van der Waals surface area (Å²) >= 11 is 0. The number of aromatic hydroxyl groups is 1. The first-order valence-corrected chi connectivity index (χ1v) is 7.02. The smallest absolute Gasteiger partial charge is 0.328 e. The molecule has 0 aliphatic carbocycles. The lowest BCUT2D eigenvalue weighted by Gasteiger charge is -2.22. The van der Waals surface area contributed by atoms with Gasteiger partial charge in [0.15, 0.2) is 0 Å². The molecule has 0 aliphatic heterocycles. The summed E-state index contributed by atoms with van der Waals surface area (Å²) in [7, 11) is 1.16. The van der Waals surface area contributed by atoms with Crippen LogP contribution in [0.2, 0.25) is 0 Å². The van der Waals surface area contributed by atoms with Crippen molar-refractivity contribution >= 4 is 17.8 Å². The van der Waals surface area contributed by atoms with Gasteiger partial charge in [-0.15, -0.1) is 0 Å². The van der Waals surface area contributed by atoms with E-state index >= 15 is 0 Å². The van der Waals surface area contributed by atoms with Crippen LogP contribution in [0.25, 0.3) is 0 Å². The van der Waals surface area contributed by atoms with Gasteiger partial charge < -0.3 is 19.9 Å². The topological polar surface area (TPSA) is 102 Å². The molecule has 2 N–H and O–H groups in total. The van der Waals surface area contributed by atoms with Crippen LogP contribution in [0.3, 0.4) is 0 Å². The molecule has 7 nitrogen and oxygen atoms in total. The third-order valence-corrected chi connectivity index (χ3v) is 2.69. The van der Waals surface area contributed by atoms with Crippen LogP contribution in [0, 0.1) is 0 Å². The summed E-state index contributed by atoms with van der Waals surface area (Å²) in [4.78, 5) is 35.7. The first kappa shape index (κ1) is 18.5. The molecule has 1 aromatic carbocycles. The van der Waals surface area contributed by atoms with Crippen molar-refractivity contribution in [2.75, 3.05) is 7.11 Å². The first-order valence-electron chi connectivity index (χ1n) is 7.02. The molecule has 0 unspecified atom stereocenters. The number of amides is 1. The van der Waals surface area contributed by atoms with Crippen LogP contribution in [0.4, 0.5) is 0 Å². The average Bonchev–Trinajstić information content (AvgIpc) is 2.43. The largest absolute Gasteiger partial charge is 0.508 e. The predicted octanol–water partition coefficient (Wildman–Crippen LogP) is 1.40. The summed E-state index contributed by atoms with van der Waals surface area (Å²) in [6.07, 6.45) is -0.353. The zero-order valence-corrected chi connectivity index (χ0v) is 13.6. The number of benzene rings is 1. The predicted molar refractivity (Wildman–Crippen MR) is 81.8 cm³/mol. The van der Waals surface area contributed by atoms with Gasteiger partial charge in [0, 0.05) is 5.56 Å². The molecular weight excluding hydrogens is 302 g/mol. The van der Waals surface area contributed by atoms with E-state index in [-0.39, 0.29) is 17.7 Å². The quantitative estimate of drug-likeness (QED) is 0.794. The molecule has 1 aromatic rings.